The number of carbonyl (C=O) groups is 2. The number of aliphatic hydroxyl groups is 1. The third-order valence-corrected chi connectivity index (χ3v) is 6.08. The number of pyridine rings is 1. The highest BCUT2D eigenvalue weighted by molar-refractivity contribution is 6.09. The van der Waals surface area contributed by atoms with Gasteiger partial charge in [0.25, 0.3) is 0 Å². The Labute approximate surface area is 210 Å². The van der Waals surface area contributed by atoms with Gasteiger partial charge >= 0.3 is 5.97 Å². The number of hydrogen-bond acceptors (Lipinski definition) is 6. The van der Waals surface area contributed by atoms with Crippen LogP contribution in [0.3, 0.4) is 0 Å². The van der Waals surface area contributed by atoms with E-state index in [2.05, 4.69) is 10.6 Å². The number of benzene rings is 3. The van der Waals surface area contributed by atoms with Crippen LogP contribution in [0.5, 0.6) is 0 Å². The first-order valence-corrected chi connectivity index (χ1v) is 12.2. The van der Waals surface area contributed by atoms with E-state index in [1.54, 1.807) is 13.0 Å². The summed E-state index contributed by atoms with van der Waals surface area (Å²) in [7, 11) is 0. The predicted molar refractivity (Wildman–Crippen MR) is 143 cm³/mol. The standard InChI is InChI=1S/C29H31N3O4/c1-4-10-22(29(35)36-5-2)27-25(30-18(3)34)15-19(17-33)16-26(27)32-28-20-11-6-8-13-23(20)31-24-14-9-7-12-21(24)28/h6-9,11-16,22,33H,4-5,10,17H2,1-3H3,(H,30,34)(H,31,32). The molecule has 7 nitrogen and oxygen atoms in total. The minimum atomic E-state index is -0.605. The lowest BCUT2D eigenvalue weighted by Gasteiger charge is -2.25. The Morgan fingerprint density at radius 1 is 0.972 bits per heavy atom. The maximum Gasteiger partial charge on any atom is 0.313 e. The fourth-order valence-corrected chi connectivity index (χ4v) is 4.60. The zero-order valence-electron chi connectivity index (χ0n) is 20.8. The Kier molecular flexibility index (Phi) is 7.80. The van der Waals surface area contributed by atoms with Crippen molar-refractivity contribution >= 4 is 50.7 Å². The first-order valence-electron chi connectivity index (χ1n) is 12.2. The van der Waals surface area contributed by atoms with E-state index < -0.39 is 5.92 Å². The number of hydrogen-bond donors (Lipinski definition) is 3. The van der Waals surface area contributed by atoms with Gasteiger partial charge in [0.2, 0.25) is 5.91 Å². The second kappa shape index (κ2) is 11.2. The van der Waals surface area contributed by atoms with Crippen LogP contribution >= 0.6 is 0 Å². The van der Waals surface area contributed by atoms with E-state index in [0.717, 1.165) is 33.9 Å². The summed E-state index contributed by atoms with van der Waals surface area (Å²) < 4.78 is 5.43. The van der Waals surface area contributed by atoms with Gasteiger partial charge in [0.1, 0.15) is 0 Å². The molecule has 0 spiro atoms. The van der Waals surface area contributed by atoms with Crippen molar-refractivity contribution in [3.05, 3.63) is 71.8 Å². The van der Waals surface area contributed by atoms with Gasteiger partial charge in [-0.05, 0) is 43.2 Å². The average Bonchev–Trinajstić information content (AvgIpc) is 2.87. The lowest BCUT2D eigenvalue weighted by molar-refractivity contribution is -0.145. The molecule has 0 radical (unpaired) electrons. The van der Waals surface area contributed by atoms with Gasteiger partial charge in [-0.1, -0.05) is 49.7 Å². The number of nitrogens with zero attached hydrogens (tertiary/aromatic N) is 1. The molecule has 0 aliphatic heterocycles. The van der Waals surface area contributed by atoms with E-state index in [0.29, 0.717) is 28.9 Å². The van der Waals surface area contributed by atoms with Crippen LogP contribution in [0.25, 0.3) is 21.8 Å². The molecule has 7 heteroatoms. The first kappa shape index (κ1) is 25.1. The van der Waals surface area contributed by atoms with Crippen molar-refractivity contribution in [2.24, 2.45) is 0 Å². The third kappa shape index (κ3) is 5.16. The summed E-state index contributed by atoms with van der Waals surface area (Å²) in [6.45, 7) is 5.23. The molecule has 186 valence electrons. The molecule has 3 aromatic carbocycles. The molecule has 1 atom stereocenters. The lowest BCUT2D eigenvalue weighted by Crippen LogP contribution is -2.20. The highest BCUT2D eigenvalue weighted by Gasteiger charge is 2.28. The fraction of sp³-hybridized carbons (Fsp3) is 0.276. The molecule has 0 aliphatic carbocycles. The molecular weight excluding hydrogens is 454 g/mol. The number of aromatic nitrogens is 1. The summed E-state index contributed by atoms with van der Waals surface area (Å²) in [5.41, 5.74) is 4.83. The zero-order valence-corrected chi connectivity index (χ0v) is 20.8. The van der Waals surface area contributed by atoms with Gasteiger partial charge in [0, 0.05) is 34.6 Å². The number of carbonyl (C=O) groups excluding carboxylic acids is 2. The number of aliphatic hydroxyl groups excluding tert-OH is 1. The highest BCUT2D eigenvalue weighted by atomic mass is 16.5. The summed E-state index contributed by atoms with van der Waals surface area (Å²) in [6.07, 6.45) is 1.28. The van der Waals surface area contributed by atoms with Crippen LogP contribution in [-0.4, -0.2) is 28.6 Å². The number of amides is 1. The van der Waals surface area contributed by atoms with Crippen LogP contribution in [0.4, 0.5) is 17.1 Å². The number of fused-ring (bicyclic) bond motifs is 2. The van der Waals surface area contributed by atoms with E-state index in [9.17, 15) is 14.7 Å². The van der Waals surface area contributed by atoms with E-state index in [4.69, 9.17) is 9.72 Å². The van der Waals surface area contributed by atoms with Gasteiger partial charge in [-0.3, -0.25) is 9.59 Å². The number of esters is 1. The molecule has 0 aliphatic rings. The Bertz CT molecular complexity index is 1360. The Balaban J connectivity index is 2.00. The van der Waals surface area contributed by atoms with Crippen molar-refractivity contribution in [2.45, 2.75) is 46.1 Å². The Morgan fingerprint density at radius 3 is 2.14 bits per heavy atom. The molecule has 1 amide bonds. The molecule has 0 fully saturated rings. The van der Waals surface area contributed by atoms with Crippen molar-refractivity contribution < 1.29 is 19.4 Å². The number of rotatable bonds is 9. The molecule has 4 rings (SSSR count). The minimum Gasteiger partial charge on any atom is -0.466 e. The molecule has 36 heavy (non-hydrogen) atoms. The molecule has 0 saturated heterocycles. The van der Waals surface area contributed by atoms with Gasteiger partial charge < -0.3 is 20.5 Å². The predicted octanol–water partition coefficient (Wildman–Crippen LogP) is 6.03. The quantitative estimate of drug-likeness (QED) is 0.198. The maximum absolute atomic E-state index is 13.1. The van der Waals surface area contributed by atoms with Crippen LogP contribution in [0.2, 0.25) is 0 Å². The highest BCUT2D eigenvalue weighted by Crippen LogP contribution is 2.41. The molecule has 3 N–H and O–H groups in total. The van der Waals surface area contributed by atoms with Crippen molar-refractivity contribution in [2.75, 3.05) is 17.2 Å². The molecule has 1 unspecified atom stereocenters. The monoisotopic (exact) mass is 485 g/mol. The number of para-hydroxylation sites is 2. The Hall–Kier alpha value is -3.97. The maximum atomic E-state index is 13.1. The topological polar surface area (TPSA) is 101 Å². The Morgan fingerprint density at radius 2 is 1.58 bits per heavy atom. The van der Waals surface area contributed by atoms with Crippen molar-refractivity contribution in [1.82, 2.24) is 4.98 Å². The second-order valence-corrected chi connectivity index (χ2v) is 8.68. The van der Waals surface area contributed by atoms with Crippen molar-refractivity contribution in [1.29, 1.82) is 0 Å². The van der Waals surface area contributed by atoms with Crippen LogP contribution in [0.1, 0.15) is 50.7 Å². The number of nitrogens with one attached hydrogen (secondary N) is 2. The average molecular weight is 486 g/mol. The summed E-state index contributed by atoms with van der Waals surface area (Å²) in [4.78, 5) is 30.1. The molecule has 0 saturated carbocycles. The van der Waals surface area contributed by atoms with Gasteiger partial charge in [-0.25, -0.2) is 4.98 Å². The minimum absolute atomic E-state index is 0.225. The van der Waals surface area contributed by atoms with E-state index in [1.807, 2.05) is 61.5 Å². The summed E-state index contributed by atoms with van der Waals surface area (Å²) in [6, 6.07) is 19.2. The largest absolute Gasteiger partial charge is 0.466 e. The van der Waals surface area contributed by atoms with Crippen LogP contribution in [0, 0.1) is 0 Å². The van der Waals surface area contributed by atoms with Gasteiger partial charge in [-0.2, -0.15) is 0 Å². The van der Waals surface area contributed by atoms with Gasteiger partial charge in [0.05, 0.1) is 35.9 Å². The number of ether oxygens (including phenoxy) is 1. The summed E-state index contributed by atoms with van der Waals surface area (Å²) >= 11 is 0. The van der Waals surface area contributed by atoms with E-state index >= 15 is 0 Å². The van der Waals surface area contributed by atoms with Crippen molar-refractivity contribution in [3.63, 3.8) is 0 Å². The van der Waals surface area contributed by atoms with E-state index in [-0.39, 0.29) is 25.1 Å². The molecule has 4 aromatic rings. The second-order valence-electron chi connectivity index (χ2n) is 8.68. The SMILES string of the molecule is CCCC(C(=O)OCC)c1c(NC(C)=O)cc(CO)cc1Nc1c2ccccc2nc2ccccc12. The first-order chi connectivity index (χ1) is 17.5. The molecule has 0 bridgehead atoms. The zero-order chi connectivity index (χ0) is 25.7. The van der Waals surface area contributed by atoms with Crippen molar-refractivity contribution in [3.8, 4) is 0 Å². The summed E-state index contributed by atoms with van der Waals surface area (Å²) in [5, 5.41) is 18.3. The summed E-state index contributed by atoms with van der Waals surface area (Å²) in [5.74, 6) is -1.22. The van der Waals surface area contributed by atoms with Crippen LogP contribution < -0.4 is 10.6 Å². The number of anilines is 3. The van der Waals surface area contributed by atoms with Crippen LogP contribution in [0.15, 0.2) is 60.7 Å². The molecule has 1 heterocycles. The third-order valence-electron chi connectivity index (χ3n) is 6.08. The lowest BCUT2D eigenvalue weighted by atomic mass is 9.89. The van der Waals surface area contributed by atoms with Gasteiger partial charge in [-0.15, -0.1) is 0 Å². The molecule has 1 aromatic heterocycles. The molecular formula is C29H31N3O4. The smallest absolute Gasteiger partial charge is 0.313 e. The fourth-order valence-electron chi connectivity index (χ4n) is 4.60. The van der Waals surface area contributed by atoms with Gasteiger partial charge in [0.15, 0.2) is 0 Å². The van der Waals surface area contributed by atoms with Crippen LogP contribution in [-0.2, 0) is 20.9 Å². The van der Waals surface area contributed by atoms with E-state index in [1.165, 1.54) is 6.92 Å². The normalized spacial score (nSPS) is 11.9.